The molecule has 0 amide bonds. The van der Waals surface area contributed by atoms with Crippen molar-refractivity contribution in [2.24, 2.45) is 0 Å². The highest BCUT2D eigenvalue weighted by molar-refractivity contribution is 5.69. The topological polar surface area (TPSA) is 65.0 Å². The van der Waals surface area contributed by atoms with Crippen molar-refractivity contribution in [3.8, 4) is 0 Å². The molecule has 138 valence electrons. The highest BCUT2D eigenvalue weighted by Gasteiger charge is 2.15. The van der Waals surface area contributed by atoms with Crippen LogP contribution in [0.15, 0.2) is 0 Å². The number of aliphatic hydroxyl groups is 1. The van der Waals surface area contributed by atoms with Gasteiger partial charge in [0.1, 0.15) is 5.60 Å². The Kier molecular flexibility index (Phi) is 14.5. The lowest BCUT2D eigenvalue weighted by Gasteiger charge is -2.19. The van der Waals surface area contributed by atoms with Crippen LogP contribution in [0.1, 0.15) is 72.1 Å². The summed E-state index contributed by atoms with van der Waals surface area (Å²) in [5.41, 5.74) is -0.390. The van der Waals surface area contributed by atoms with Gasteiger partial charge in [-0.3, -0.25) is 4.79 Å². The standard InChI is InChI=1S/C18H36O5/c1-18(2,3)23-17(20)11-7-6-10-14-22-16-15-21-13-9-5-4-8-12-19/h19H,4-16H2,1-3H3. The van der Waals surface area contributed by atoms with Crippen LogP contribution in [0, 0.1) is 0 Å². The number of hydrogen-bond acceptors (Lipinski definition) is 5. The SMILES string of the molecule is CC(C)(C)OC(=O)CCCCCOCCOCCCCCCO. The minimum absolute atomic E-state index is 0.120. The highest BCUT2D eigenvalue weighted by Crippen LogP contribution is 2.10. The number of hydrogen-bond donors (Lipinski definition) is 1. The van der Waals surface area contributed by atoms with E-state index in [4.69, 9.17) is 19.3 Å². The summed E-state index contributed by atoms with van der Waals surface area (Å²) in [6.07, 6.45) is 7.38. The van der Waals surface area contributed by atoms with E-state index in [1.165, 1.54) is 0 Å². The Morgan fingerprint density at radius 1 is 0.783 bits per heavy atom. The molecule has 0 saturated carbocycles. The maximum absolute atomic E-state index is 11.5. The van der Waals surface area contributed by atoms with Gasteiger partial charge in [0, 0.05) is 26.2 Å². The fourth-order valence-electron chi connectivity index (χ4n) is 2.03. The first-order valence-corrected chi connectivity index (χ1v) is 8.94. The van der Waals surface area contributed by atoms with Crippen molar-refractivity contribution < 1.29 is 24.1 Å². The molecule has 0 heterocycles. The molecular weight excluding hydrogens is 296 g/mol. The fraction of sp³-hybridized carbons (Fsp3) is 0.944. The van der Waals surface area contributed by atoms with Crippen molar-refractivity contribution in [1.29, 1.82) is 0 Å². The maximum Gasteiger partial charge on any atom is 0.306 e. The Labute approximate surface area is 141 Å². The molecule has 0 unspecified atom stereocenters. The van der Waals surface area contributed by atoms with Crippen LogP contribution >= 0.6 is 0 Å². The smallest absolute Gasteiger partial charge is 0.306 e. The van der Waals surface area contributed by atoms with Gasteiger partial charge < -0.3 is 19.3 Å². The Morgan fingerprint density at radius 3 is 1.83 bits per heavy atom. The van der Waals surface area contributed by atoms with E-state index in [-0.39, 0.29) is 18.2 Å². The van der Waals surface area contributed by atoms with E-state index in [0.29, 0.717) is 26.2 Å². The number of unbranched alkanes of at least 4 members (excludes halogenated alkanes) is 5. The quantitative estimate of drug-likeness (QED) is 0.367. The summed E-state index contributed by atoms with van der Waals surface area (Å²) >= 11 is 0. The maximum atomic E-state index is 11.5. The second-order valence-electron chi connectivity index (χ2n) is 6.76. The minimum atomic E-state index is -0.390. The number of esters is 1. The number of rotatable bonds is 15. The van der Waals surface area contributed by atoms with Gasteiger partial charge in [-0.05, 0) is 46.5 Å². The van der Waals surface area contributed by atoms with E-state index in [1.807, 2.05) is 20.8 Å². The molecule has 0 saturated heterocycles. The van der Waals surface area contributed by atoms with Crippen molar-refractivity contribution in [3.63, 3.8) is 0 Å². The lowest BCUT2D eigenvalue weighted by Crippen LogP contribution is -2.23. The molecular formula is C18H36O5. The summed E-state index contributed by atoms with van der Waals surface area (Å²) in [4.78, 5) is 11.5. The zero-order chi connectivity index (χ0) is 17.4. The summed E-state index contributed by atoms with van der Waals surface area (Å²) in [5.74, 6) is -0.120. The fourth-order valence-corrected chi connectivity index (χ4v) is 2.03. The van der Waals surface area contributed by atoms with Gasteiger partial charge in [0.15, 0.2) is 0 Å². The van der Waals surface area contributed by atoms with Crippen molar-refractivity contribution >= 4 is 5.97 Å². The van der Waals surface area contributed by atoms with E-state index in [2.05, 4.69) is 0 Å². The Hall–Kier alpha value is -0.650. The molecule has 0 aliphatic carbocycles. The Balaban J connectivity index is 3.15. The third-order valence-corrected chi connectivity index (χ3v) is 3.16. The van der Waals surface area contributed by atoms with E-state index in [0.717, 1.165) is 51.6 Å². The Bertz CT molecular complexity index is 273. The van der Waals surface area contributed by atoms with E-state index >= 15 is 0 Å². The lowest BCUT2D eigenvalue weighted by atomic mass is 10.1. The number of carbonyl (C=O) groups is 1. The predicted octanol–water partition coefficient (Wildman–Crippen LogP) is 3.47. The van der Waals surface area contributed by atoms with Gasteiger partial charge in [-0.2, -0.15) is 0 Å². The number of carbonyl (C=O) groups excluding carboxylic acids is 1. The van der Waals surface area contributed by atoms with Gasteiger partial charge in [0.2, 0.25) is 0 Å². The first-order valence-electron chi connectivity index (χ1n) is 8.94. The van der Waals surface area contributed by atoms with Gasteiger partial charge in [-0.1, -0.05) is 19.3 Å². The average molecular weight is 332 g/mol. The normalized spacial score (nSPS) is 11.7. The Morgan fingerprint density at radius 2 is 1.30 bits per heavy atom. The molecule has 0 aromatic carbocycles. The second-order valence-corrected chi connectivity index (χ2v) is 6.76. The summed E-state index contributed by atoms with van der Waals surface area (Å²) in [6, 6.07) is 0. The molecule has 0 aliphatic heterocycles. The van der Waals surface area contributed by atoms with Gasteiger partial charge in [0.05, 0.1) is 13.2 Å². The summed E-state index contributed by atoms with van der Waals surface area (Å²) in [6.45, 7) is 8.69. The number of ether oxygens (including phenoxy) is 3. The second kappa shape index (κ2) is 14.9. The highest BCUT2D eigenvalue weighted by atomic mass is 16.6. The predicted molar refractivity (Wildman–Crippen MR) is 91.5 cm³/mol. The van der Waals surface area contributed by atoms with Crippen LogP contribution in [0.4, 0.5) is 0 Å². The van der Waals surface area contributed by atoms with Crippen LogP contribution in [-0.4, -0.2) is 49.7 Å². The summed E-state index contributed by atoms with van der Waals surface area (Å²) in [5, 5.41) is 8.64. The zero-order valence-corrected chi connectivity index (χ0v) is 15.3. The van der Waals surface area contributed by atoms with Gasteiger partial charge >= 0.3 is 5.97 Å². The molecule has 0 spiro atoms. The molecule has 1 N–H and O–H groups in total. The van der Waals surface area contributed by atoms with E-state index in [1.54, 1.807) is 0 Å². The summed E-state index contributed by atoms with van der Waals surface area (Å²) in [7, 11) is 0. The minimum Gasteiger partial charge on any atom is -0.460 e. The first kappa shape index (κ1) is 22.4. The van der Waals surface area contributed by atoms with Crippen molar-refractivity contribution in [3.05, 3.63) is 0 Å². The van der Waals surface area contributed by atoms with Gasteiger partial charge in [0.25, 0.3) is 0 Å². The molecule has 5 nitrogen and oxygen atoms in total. The molecule has 0 rings (SSSR count). The molecule has 0 fully saturated rings. The molecule has 5 heteroatoms. The van der Waals surface area contributed by atoms with Crippen LogP contribution < -0.4 is 0 Å². The molecule has 0 bridgehead atoms. The first-order chi connectivity index (χ1) is 11.0. The van der Waals surface area contributed by atoms with Crippen LogP contribution in [0.2, 0.25) is 0 Å². The third-order valence-electron chi connectivity index (χ3n) is 3.16. The van der Waals surface area contributed by atoms with E-state index < -0.39 is 0 Å². The van der Waals surface area contributed by atoms with Gasteiger partial charge in [-0.15, -0.1) is 0 Å². The average Bonchev–Trinajstić information content (AvgIpc) is 2.46. The van der Waals surface area contributed by atoms with Crippen molar-refractivity contribution in [2.75, 3.05) is 33.0 Å². The van der Waals surface area contributed by atoms with Crippen LogP contribution in [0.3, 0.4) is 0 Å². The molecule has 0 aromatic heterocycles. The molecule has 0 aromatic rings. The lowest BCUT2D eigenvalue weighted by molar-refractivity contribution is -0.154. The largest absolute Gasteiger partial charge is 0.460 e. The van der Waals surface area contributed by atoms with Crippen LogP contribution in [-0.2, 0) is 19.0 Å². The van der Waals surface area contributed by atoms with Crippen molar-refractivity contribution in [2.45, 2.75) is 77.7 Å². The zero-order valence-electron chi connectivity index (χ0n) is 15.3. The van der Waals surface area contributed by atoms with Crippen LogP contribution in [0.25, 0.3) is 0 Å². The van der Waals surface area contributed by atoms with E-state index in [9.17, 15) is 4.79 Å². The molecule has 0 radical (unpaired) electrons. The molecule has 0 atom stereocenters. The van der Waals surface area contributed by atoms with Gasteiger partial charge in [-0.25, -0.2) is 0 Å². The summed E-state index contributed by atoms with van der Waals surface area (Å²) < 4.78 is 16.2. The van der Waals surface area contributed by atoms with Crippen LogP contribution in [0.5, 0.6) is 0 Å². The molecule has 23 heavy (non-hydrogen) atoms. The molecule has 0 aliphatic rings. The third kappa shape index (κ3) is 19.3. The number of aliphatic hydroxyl groups excluding tert-OH is 1. The van der Waals surface area contributed by atoms with Crippen molar-refractivity contribution in [1.82, 2.24) is 0 Å². The monoisotopic (exact) mass is 332 g/mol.